The van der Waals surface area contributed by atoms with Gasteiger partial charge < -0.3 is 0 Å². The lowest BCUT2D eigenvalue weighted by Crippen LogP contribution is -2.25. The normalized spacial score (nSPS) is 19.6. The van der Waals surface area contributed by atoms with Crippen molar-refractivity contribution in [2.75, 3.05) is 0 Å². The summed E-state index contributed by atoms with van der Waals surface area (Å²) in [4.78, 5) is 0. The summed E-state index contributed by atoms with van der Waals surface area (Å²) in [6.07, 6.45) is 16.0. The van der Waals surface area contributed by atoms with Gasteiger partial charge in [0.1, 0.15) is 0 Å². The van der Waals surface area contributed by atoms with Gasteiger partial charge in [0, 0.05) is 17.8 Å². The van der Waals surface area contributed by atoms with Crippen molar-refractivity contribution in [1.82, 2.24) is 0 Å². The molecule has 9 aromatic carbocycles. The van der Waals surface area contributed by atoms with Crippen LogP contribution in [0.5, 0.6) is 0 Å². The van der Waals surface area contributed by atoms with E-state index in [1.54, 1.807) is 0 Å². The molecule has 0 heteroatoms. The fraction of sp³-hybridized carbons (Fsp3) is 0.0625. The first-order valence-corrected chi connectivity index (χ1v) is 23.0. The third-order valence-electron chi connectivity index (χ3n) is 16.1. The highest BCUT2D eigenvalue weighted by Crippen LogP contribution is 2.67. The van der Waals surface area contributed by atoms with Crippen LogP contribution in [-0.2, 0) is 0 Å². The second-order valence-electron chi connectivity index (χ2n) is 18.8. The summed E-state index contributed by atoms with van der Waals surface area (Å²) < 4.78 is 0. The molecule has 294 valence electrons. The van der Waals surface area contributed by atoms with Crippen molar-refractivity contribution >= 4 is 65.8 Å². The predicted molar refractivity (Wildman–Crippen MR) is 269 cm³/mol. The van der Waals surface area contributed by atoms with Gasteiger partial charge in [-0.3, -0.25) is 0 Å². The summed E-state index contributed by atoms with van der Waals surface area (Å²) in [6, 6.07) is 62.2. The van der Waals surface area contributed by atoms with Gasteiger partial charge in [-0.15, -0.1) is 0 Å². The third kappa shape index (κ3) is 4.07. The molecule has 0 radical (unpaired) electrons. The molecule has 0 bridgehead atoms. The van der Waals surface area contributed by atoms with Crippen molar-refractivity contribution in [3.05, 3.63) is 239 Å². The van der Waals surface area contributed by atoms with Crippen LogP contribution in [0.3, 0.4) is 0 Å². The van der Waals surface area contributed by atoms with Crippen LogP contribution in [0.2, 0.25) is 0 Å². The smallest absolute Gasteiger partial charge is 0.0212 e. The van der Waals surface area contributed by atoms with Gasteiger partial charge >= 0.3 is 0 Å². The Morgan fingerprint density at radius 1 is 0.344 bits per heavy atom. The minimum Gasteiger partial charge on any atom is -0.0760 e. The van der Waals surface area contributed by atoms with E-state index >= 15 is 0 Å². The molecule has 3 atom stereocenters. The van der Waals surface area contributed by atoms with E-state index in [0.717, 1.165) is 6.42 Å². The van der Waals surface area contributed by atoms with Crippen LogP contribution in [-0.4, -0.2) is 0 Å². The van der Waals surface area contributed by atoms with E-state index in [0.29, 0.717) is 5.92 Å². The molecule has 0 spiro atoms. The molecule has 0 nitrogen and oxygen atoms in total. The number of allylic oxidation sites excluding steroid dienone is 12. The van der Waals surface area contributed by atoms with Crippen molar-refractivity contribution in [2.24, 2.45) is 11.8 Å². The lowest BCUT2D eigenvalue weighted by Gasteiger charge is -2.40. The molecule has 0 saturated heterocycles. The molecule has 3 unspecified atom stereocenters. The average Bonchev–Trinajstić information content (AvgIpc) is 4.00. The molecule has 9 aromatic rings. The van der Waals surface area contributed by atoms with Crippen LogP contribution in [0.25, 0.3) is 110 Å². The zero-order valence-corrected chi connectivity index (χ0v) is 35.0. The Bertz CT molecular complexity index is 3850. The molecular weight excluding hydrogens is 769 g/mol. The van der Waals surface area contributed by atoms with Crippen LogP contribution in [0.15, 0.2) is 200 Å². The second-order valence-corrected chi connectivity index (χ2v) is 18.8. The lowest BCUT2D eigenvalue weighted by atomic mass is 9.62. The molecule has 7 aliphatic carbocycles. The highest BCUT2D eigenvalue weighted by molar-refractivity contribution is 6.31. The first kappa shape index (κ1) is 33.8. The molecule has 16 rings (SSSR count). The molecular formula is C64H38. The van der Waals surface area contributed by atoms with Crippen molar-refractivity contribution < 1.29 is 0 Å². The van der Waals surface area contributed by atoms with Gasteiger partial charge in [-0.25, -0.2) is 0 Å². The van der Waals surface area contributed by atoms with E-state index in [-0.39, 0.29) is 11.8 Å². The summed E-state index contributed by atoms with van der Waals surface area (Å²) in [5.74, 6) is 0.782. The zero-order valence-electron chi connectivity index (χ0n) is 35.0. The predicted octanol–water partition coefficient (Wildman–Crippen LogP) is 16.6. The minimum atomic E-state index is 0.209. The highest BCUT2D eigenvalue weighted by Gasteiger charge is 2.49. The van der Waals surface area contributed by atoms with Gasteiger partial charge in [0.25, 0.3) is 0 Å². The summed E-state index contributed by atoms with van der Waals surface area (Å²) in [6.45, 7) is 0. The minimum absolute atomic E-state index is 0.209. The van der Waals surface area contributed by atoms with Crippen LogP contribution >= 0.6 is 0 Å². The Balaban J connectivity index is 1.02. The van der Waals surface area contributed by atoms with Crippen molar-refractivity contribution in [3.8, 4) is 44.5 Å². The number of rotatable bonds is 3. The molecule has 64 heavy (non-hydrogen) atoms. The Morgan fingerprint density at radius 3 is 1.55 bits per heavy atom. The van der Waals surface area contributed by atoms with Crippen LogP contribution in [0, 0.1) is 11.8 Å². The van der Waals surface area contributed by atoms with E-state index in [4.69, 9.17) is 0 Å². The number of hydrogen-bond donors (Lipinski definition) is 0. The summed E-state index contributed by atoms with van der Waals surface area (Å²) in [7, 11) is 0. The highest BCUT2D eigenvalue weighted by atomic mass is 14.5. The number of fused-ring (bicyclic) bond motifs is 12. The summed E-state index contributed by atoms with van der Waals surface area (Å²) in [5.41, 5.74) is 29.2. The molecule has 7 aliphatic rings. The maximum atomic E-state index is 2.62. The van der Waals surface area contributed by atoms with E-state index < -0.39 is 0 Å². The first-order valence-electron chi connectivity index (χ1n) is 23.0. The molecule has 0 heterocycles. The molecule has 0 aromatic heterocycles. The first-order chi connectivity index (χ1) is 31.8. The van der Waals surface area contributed by atoms with Gasteiger partial charge in [-0.2, -0.15) is 0 Å². The van der Waals surface area contributed by atoms with E-state index in [2.05, 4.69) is 200 Å². The second kappa shape index (κ2) is 12.0. The maximum Gasteiger partial charge on any atom is 0.0212 e. The molecule has 0 N–H and O–H groups in total. The van der Waals surface area contributed by atoms with Gasteiger partial charge in [0.15, 0.2) is 0 Å². The van der Waals surface area contributed by atoms with E-state index in [1.165, 1.54) is 149 Å². The average molecular weight is 807 g/mol. The van der Waals surface area contributed by atoms with Crippen molar-refractivity contribution in [3.63, 3.8) is 0 Å². The molecule has 0 amide bonds. The SMILES string of the molecule is C1=CC(c2ccccc2)CC2=C1c1cccc3c1c2cc1c(-c2ccccc2)c2c(c(-c4ccccc4)c13)C1=CC=C3c4ccc5c6c(ccc(c46)C4=CC=C2C1C43)-c1ccccc1-5. The van der Waals surface area contributed by atoms with Crippen molar-refractivity contribution in [1.29, 1.82) is 0 Å². The topological polar surface area (TPSA) is 0 Å². The summed E-state index contributed by atoms with van der Waals surface area (Å²) in [5, 5.41) is 8.33. The Labute approximate surface area is 371 Å². The quantitative estimate of drug-likeness (QED) is 0.156. The Morgan fingerprint density at radius 2 is 0.875 bits per heavy atom. The number of hydrogen-bond acceptors (Lipinski definition) is 0. The Kier molecular flexibility index (Phi) is 6.34. The van der Waals surface area contributed by atoms with Gasteiger partial charge in [0.05, 0.1) is 0 Å². The molecule has 0 saturated carbocycles. The van der Waals surface area contributed by atoms with E-state index in [9.17, 15) is 0 Å². The summed E-state index contributed by atoms with van der Waals surface area (Å²) >= 11 is 0. The standard InChI is InChI=1S/C64H38/c1-4-13-35(14-5-1)38-23-24-41-42-21-12-22-49-57(42)53(52(41)33-38)34-54-55(36-15-6-2-7-16-36)63-50-31-29-47-45-27-25-43-39-19-10-11-20-40(39)44-26-28-46(59(45)58(43)44)48-30-32-51(61(50)60(47)48)64(63)56(62(49)54)37-17-8-3-9-18-37/h1-32,34,38,60-61H,33H2. The number of benzene rings is 9. The Hall–Kier alpha value is -7.80. The zero-order chi connectivity index (χ0) is 41.4. The van der Waals surface area contributed by atoms with Crippen LogP contribution in [0.4, 0.5) is 0 Å². The molecule has 0 fully saturated rings. The third-order valence-corrected chi connectivity index (χ3v) is 16.1. The van der Waals surface area contributed by atoms with Gasteiger partial charge in [-0.1, -0.05) is 194 Å². The fourth-order valence-electron chi connectivity index (χ4n) is 13.6. The monoisotopic (exact) mass is 806 g/mol. The van der Waals surface area contributed by atoms with Crippen LogP contribution < -0.4 is 0 Å². The van der Waals surface area contributed by atoms with Gasteiger partial charge in [-0.05, 0) is 162 Å². The van der Waals surface area contributed by atoms with Crippen LogP contribution in [0.1, 0.15) is 51.3 Å². The fourth-order valence-corrected chi connectivity index (χ4v) is 13.6. The largest absolute Gasteiger partial charge is 0.0760 e. The lowest BCUT2D eigenvalue weighted by molar-refractivity contribution is 0.742. The maximum absolute atomic E-state index is 2.62. The van der Waals surface area contributed by atoms with Crippen molar-refractivity contribution in [2.45, 2.75) is 12.3 Å². The van der Waals surface area contributed by atoms with E-state index in [1.807, 2.05) is 0 Å². The van der Waals surface area contributed by atoms with Gasteiger partial charge in [0.2, 0.25) is 0 Å². The molecule has 0 aliphatic heterocycles.